The molecular formula is C110H72N2. The first kappa shape index (κ1) is 65.6. The lowest BCUT2D eigenvalue weighted by Crippen LogP contribution is -1.94. The zero-order chi connectivity index (χ0) is 74.0. The second kappa shape index (κ2) is 27.8. The zero-order valence-electron chi connectivity index (χ0n) is 61.5. The summed E-state index contributed by atoms with van der Waals surface area (Å²) < 4.78 is 4.83. The largest absolute Gasteiger partial charge is 0.309 e. The van der Waals surface area contributed by atoms with E-state index in [0.717, 1.165) is 11.4 Å². The first-order valence-electron chi connectivity index (χ1n) is 38.7. The lowest BCUT2D eigenvalue weighted by atomic mass is 9.86. The van der Waals surface area contributed by atoms with Gasteiger partial charge in [0.1, 0.15) is 0 Å². The van der Waals surface area contributed by atoms with Crippen molar-refractivity contribution in [1.29, 1.82) is 0 Å². The summed E-state index contributed by atoms with van der Waals surface area (Å²) in [5, 5.41) is 17.7. The molecule has 0 N–H and O–H groups in total. The van der Waals surface area contributed by atoms with Crippen molar-refractivity contribution in [3.8, 4) is 112 Å². The van der Waals surface area contributed by atoms with Crippen molar-refractivity contribution in [2.45, 2.75) is 0 Å². The van der Waals surface area contributed by atoms with E-state index in [2.05, 4.69) is 446 Å². The molecule has 0 radical (unpaired) electrons. The van der Waals surface area contributed by atoms with Crippen LogP contribution in [0.25, 0.3) is 209 Å². The molecule has 2 nitrogen and oxygen atoms in total. The van der Waals surface area contributed by atoms with Crippen LogP contribution in [0.2, 0.25) is 0 Å². The molecule has 0 saturated heterocycles. The van der Waals surface area contributed by atoms with Crippen molar-refractivity contribution in [3.05, 3.63) is 437 Å². The number of nitrogens with zero attached hydrogens (tertiary/aromatic N) is 2. The number of aromatic nitrogens is 2. The van der Waals surface area contributed by atoms with E-state index >= 15 is 0 Å². The monoisotopic (exact) mass is 1420 g/mol. The highest BCUT2D eigenvalue weighted by Crippen LogP contribution is 2.48. The second-order valence-corrected chi connectivity index (χ2v) is 29.3. The van der Waals surface area contributed by atoms with Crippen molar-refractivity contribution < 1.29 is 0 Å². The zero-order valence-corrected chi connectivity index (χ0v) is 61.5. The summed E-state index contributed by atoms with van der Waals surface area (Å²) in [6.07, 6.45) is 0. The Labute approximate surface area is 650 Å². The van der Waals surface area contributed by atoms with Gasteiger partial charge in [-0.15, -0.1) is 0 Å². The molecule has 20 aromatic carbocycles. The molecule has 112 heavy (non-hydrogen) atoms. The van der Waals surface area contributed by atoms with Crippen LogP contribution in [0.3, 0.4) is 0 Å². The molecule has 2 heteroatoms. The summed E-state index contributed by atoms with van der Waals surface area (Å²) >= 11 is 0. The Bertz CT molecular complexity index is 7270. The fraction of sp³-hybridized carbons (Fsp3) is 0. The molecule has 0 aliphatic rings. The normalized spacial score (nSPS) is 11.6. The van der Waals surface area contributed by atoms with E-state index in [0.29, 0.717) is 0 Å². The third kappa shape index (κ3) is 11.3. The molecule has 2 aromatic heterocycles. The van der Waals surface area contributed by atoms with Crippen molar-refractivity contribution >= 4 is 97.5 Å². The topological polar surface area (TPSA) is 9.86 Å². The highest BCUT2D eigenvalue weighted by atomic mass is 15.0. The van der Waals surface area contributed by atoms with Crippen LogP contribution in [0, 0.1) is 0 Å². The molecule has 22 aromatic rings. The maximum atomic E-state index is 2.42. The van der Waals surface area contributed by atoms with Crippen molar-refractivity contribution in [3.63, 3.8) is 0 Å². The second-order valence-electron chi connectivity index (χ2n) is 29.3. The number of benzene rings is 20. The number of rotatable bonds is 11. The van der Waals surface area contributed by atoms with Gasteiger partial charge in [-0.25, -0.2) is 0 Å². The molecule has 0 unspecified atom stereocenters. The molecule has 522 valence electrons. The summed E-state index contributed by atoms with van der Waals surface area (Å²) in [5.41, 5.74) is 29.4. The lowest BCUT2D eigenvalue weighted by molar-refractivity contribution is 1.18. The highest BCUT2D eigenvalue weighted by molar-refractivity contribution is 6.23. The van der Waals surface area contributed by atoms with E-state index in [-0.39, 0.29) is 0 Å². The molecule has 0 bridgehead atoms. The minimum absolute atomic E-state index is 1.15. The molecule has 0 saturated carbocycles. The third-order valence-corrected chi connectivity index (χ3v) is 23.0. The van der Waals surface area contributed by atoms with Crippen LogP contribution in [0.5, 0.6) is 0 Å². The van der Waals surface area contributed by atoms with Crippen LogP contribution >= 0.6 is 0 Å². The van der Waals surface area contributed by atoms with Crippen molar-refractivity contribution in [1.82, 2.24) is 9.13 Å². The number of para-hydroxylation sites is 2. The summed E-state index contributed by atoms with van der Waals surface area (Å²) in [6.45, 7) is 0. The van der Waals surface area contributed by atoms with E-state index in [4.69, 9.17) is 0 Å². The van der Waals surface area contributed by atoms with Gasteiger partial charge in [0.15, 0.2) is 0 Å². The molecule has 0 aliphatic carbocycles. The maximum absolute atomic E-state index is 2.42. The Balaban J connectivity index is 0.000000142. The van der Waals surface area contributed by atoms with Gasteiger partial charge in [0, 0.05) is 32.9 Å². The predicted molar refractivity (Wildman–Crippen MR) is 478 cm³/mol. The van der Waals surface area contributed by atoms with Crippen LogP contribution in [0.4, 0.5) is 0 Å². The Morgan fingerprint density at radius 1 is 0.125 bits per heavy atom. The van der Waals surface area contributed by atoms with E-state index in [9.17, 15) is 0 Å². The van der Waals surface area contributed by atoms with Gasteiger partial charge in [-0.1, -0.05) is 364 Å². The lowest BCUT2D eigenvalue weighted by Gasteiger charge is -2.18. The van der Waals surface area contributed by atoms with Gasteiger partial charge >= 0.3 is 0 Å². The molecule has 0 spiro atoms. The molecule has 0 atom stereocenters. The van der Waals surface area contributed by atoms with E-state index in [1.165, 1.54) is 198 Å². The van der Waals surface area contributed by atoms with Gasteiger partial charge in [0.05, 0.1) is 22.1 Å². The predicted octanol–water partition coefficient (Wildman–Crippen LogP) is 30.3. The number of hydrogen-bond donors (Lipinski definition) is 0. The minimum Gasteiger partial charge on any atom is -0.309 e. The molecule has 0 fully saturated rings. The standard InChI is InChI=1S/C56H37N.C54H35N/c1-3-16-38(17-4-1)45-22-7-8-23-46(45)43-21-15-20-41(36-43)42-32-35-54-52(37-42)47-24-13-14-29-53(47)57(54)44-33-30-40(31-34-44)56-50-27-11-9-25-48(50)55(39-18-5-2-6-19-39)49-26-10-12-28-51(49)56;1-2-15-37(16-3-1)53-46-22-6-8-24-48(46)54(49-25-9-7-23-47(49)53)38-28-31-42(32-29-38)55-51-27-11-10-21-45(51)50-35-40(30-33-52(50)55)39-18-12-19-41(34-39)44-26-13-17-36-14-4-5-20-43(36)44/h1-37H;1-35H. The van der Waals surface area contributed by atoms with Gasteiger partial charge in [-0.05, 0) is 227 Å². The van der Waals surface area contributed by atoms with Gasteiger partial charge in [-0.2, -0.15) is 0 Å². The Morgan fingerprint density at radius 3 is 0.786 bits per heavy atom. The summed E-state index contributed by atoms with van der Waals surface area (Å²) in [4.78, 5) is 0. The van der Waals surface area contributed by atoms with Crippen LogP contribution in [-0.4, -0.2) is 9.13 Å². The molecule has 0 amide bonds. The Kier molecular flexibility index (Phi) is 16.3. The van der Waals surface area contributed by atoms with Gasteiger partial charge < -0.3 is 9.13 Å². The summed E-state index contributed by atoms with van der Waals surface area (Å²) in [5.74, 6) is 0. The van der Waals surface area contributed by atoms with Crippen LogP contribution < -0.4 is 0 Å². The number of hydrogen-bond acceptors (Lipinski definition) is 0. The average molecular weight is 1420 g/mol. The molecule has 0 aliphatic heterocycles. The number of fused-ring (bicyclic) bond motifs is 11. The molecule has 2 heterocycles. The van der Waals surface area contributed by atoms with E-state index < -0.39 is 0 Å². The highest BCUT2D eigenvalue weighted by Gasteiger charge is 2.22. The fourth-order valence-corrected chi connectivity index (χ4v) is 17.9. The smallest absolute Gasteiger partial charge is 0.0541 e. The first-order chi connectivity index (χ1) is 55.6. The van der Waals surface area contributed by atoms with Crippen LogP contribution in [-0.2, 0) is 0 Å². The SMILES string of the molecule is c1ccc(-c2c3ccccc3c(-c3ccc(-n4c5ccccc5c5cc(-c6cccc(-c7cccc8ccccc78)c6)ccc54)cc3)c3ccccc23)cc1.c1ccc(-c2ccccc2-c2cccc(-c3ccc4c(c3)c3ccccc3n4-c3ccc(-c4c5ccccc5c(-c5ccccc5)c5ccccc45)cc3)c2)cc1. The molecular weight excluding hydrogens is 1350 g/mol. The Hall–Kier alpha value is -14.7. The van der Waals surface area contributed by atoms with E-state index in [1.807, 2.05) is 0 Å². The van der Waals surface area contributed by atoms with E-state index in [1.54, 1.807) is 0 Å². The Morgan fingerprint density at radius 2 is 0.375 bits per heavy atom. The van der Waals surface area contributed by atoms with Gasteiger partial charge in [0.25, 0.3) is 0 Å². The average Bonchev–Trinajstić information content (AvgIpc) is 1.17. The summed E-state index contributed by atoms with van der Waals surface area (Å²) in [7, 11) is 0. The van der Waals surface area contributed by atoms with Gasteiger partial charge in [0.2, 0.25) is 0 Å². The van der Waals surface area contributed by atoms with Crippen molar-refractivity contribution in [2.24, 2.45) is 0 Å². The van der Waals surface area contributed by atoms with Crippen LogP contribution in [0.1, 0.15) is 0 Å². The summed E-state index contributed by atoms with van der Waals surface area (Å²) in [6, 6.07) is 159. The third-order valence-electron chi connectivity index (χ3n) is 23.0. The van der Waals surface area contributed by atoms with Crippen molar-refractivity contribution in [2.75, 3.05) is 0 Å². The quantitative estimate of drug-likeness (QED) is 0.114. The van der Waals surface area contributed by atoms with Crippen LogP contribution in [0.15, 0.2) is 437 Å². The maximum Gasteiger partial charge on any atom is 0.0541 e. The molecule has 22 rings (SSSR count). The van der Waals surface area contributed by atoms with Gasteiger partial charge in [-0.3, -0.25) is 0 Å². The fourth-order valence-electron chi connectivity index (χ4n) is 17.9. The first-order valence-corrected chi connectivity index (χ1v) is 38.7. The minimum atomic E-state index is 1.15.